The van der Waals surface area contributed by atoms with Gasteiger partial charge in [0.1, 0.15) is 5.76 Å². The number of benzene rings is 1. The molecule has 2 aliphatic rings. The molecule has 0 radical (unpaired) electrons. The van der Waals surface area contributed by atoms with Crippen LogP contribution < -0.4 is 5.32 Å². The molecule has 0 aliphatic carbocycles. The van der Waals surface area contributed by atoms with Gasteiger partial charge in [0, 0.05) is 18.2 Å². The summed E-state index contributed by atoms with van der Waals surface area (Å²) in [5.74, 6) is 0.972. The number of nitrogens with one attached hydrogen (secondary N) is 1. The average Bonchev–Trinajstić information content (AvgIpc) is 3.29. The van der Waals surface area contributed by atoms with Crippen LogP contribution in [0.2, 0.25) is 0 Å². The fourth-order valence-electron chi connectivity index (χ4n) is 2.76. The van der Waals surface area contributed by atoms with Gasteiger partial charge in [-0.3, -0.25) is 4.79 Å². The van der Waals surface area contributed by atoms with Gasteiger partial charge in [-0.05, 0) is 18.2 Å². The van der Waals surface area contributed by atoms with Crippen LogP contribution in [-0.2, 0) is 11.3 Å². The lowest BCUT2D eigenvalue weighted by Gasteiger charge is -2.29. The minimum atomic E-state index is -0.0577. The van der Waals surface area contributed by atoms with Crippen molar-refractivity contribution >= 4 is 34.7 Å². The van der Waals surface area contributed by atoms with E-state index in [1.807, 2.05) is 35.5 Å². The van der Waals surface area contributed by atoms with Crippen molar-refractivity contribution in [1.82, 2.24) is 10.3 Å². The largest absolute Gasteiger partial charge is 0.467 e. The molecule has 1 aromatic carbocycles. The molecule has 122 valence electrons. The minimum Gasteiger partial charge on any atom is -0.467 e. The summed E-state index contributed by atoms with van der Waals surface area (Å²) in [6, 6.07) is 11.9. The van der Waals surface area contributed by atoms with E-state index in [-0.39, 0.29) is 11.9 Å². The van der Waals surface area contributed by atoms with E-state index >= 15 is 0 Å². The molecule has 1 aromatic heterocycles. The quantitative estimate of drug-likeness (QED) is 0.929. The maximum Gasteiger partial charge on any atom is 0.230 e. The molecule has 2 aliphatic heterocycles. The fraction of sp³-hybridized carbons (Fsp3) is 0.235. The molecule has 1 atom stereocenters. The van der Waals surface area contributed by atoms with Gasteiger partial charge in [0.05, 0.1) is 30.3 Å². The first-order valence-corrected chi connectivity index (χ1v) is 8.71. The number of hydrogen-bond acceptors (Lipinski definition) is 6. The minimum absolute atomic E-state index is 0.0577. The van der Waals surface area contributed by atoms with E-state index in [9.17, 15) is 4.79 Å². The molecular formula is C17H16N4O2S. The Hall–Kier alpha value is -2.54. The standard InChI is InChI=1S/C17H16N4O2S/c22-16(18-10-12-4-3-9-23-12)11-24-17-20-14-6-2-1-5-13(14)15-7-8-19-21(15)17/h1-6,8-9,15H,7,10-11H2,(H,18,22)/t15-/m0/s1. The molecule has 4 rings (SSSR count). The van der Waals surface area contributed by atoms with E-state index in [1.54, 1.807) is 12.3 Å². The fourth-order valence-corrected chi connectivity index (χ4v) is 3.59. The van der Waals surface area contributed by atoms with E-state index in [1.165, 1.54) is 17.3 Å². The first-order valence-electron chi connectivity index (χ1n) is 7.72. The Kier molecular flexibility index (Phi) is 4.08. The van der Waals surface area contributed by atoms with Gasteiger partial charge in [0.15, 0.2) is 5.17 Å². The van der Waals surface area contributed by atoms with Crippen molar-refractivity contribution in [2.24, 2.45) is 10.1 Å². The van der Waals surface area contributed by atoms with Gasteiger partial charge < -0.3 is 9.73 Å². The lowest BCUT2D eigenvalue weighted by Crippen LogP contribution is -2.30. The molecule has 3 heterocycles. The maximum atomic E-state index is 12.0. The third-order valence-corrected chi connectivity index (χ3v) is 4.85. The number of furan rings is 1. The summed E-state index contributed by atoms with van der Waals surface area (Å²) in [4.78, 5) is 16.7. The average molecular weight is 340 g/mol. The van der Waals surface area contributed by atoms with Crippen molar-refractivity contribution in [3.63, 3.8) is 0 Å². The zero-order valence-electron chi connectivity index (χ0n) is 12.9. The van der Waals surface area contributed by atoms with Crippen LogP contribution in [0.4, 0.5) is 5.69 Å². The number of carbonyl (C=O) groups excluding carboxylic acids is 1. The second kappa shape index (κ2) is 6.52. The number of hydrazone groups is 1. The zero-order valence-corrected chi connectivity index (χ0v) is 13.7. The molecule has 0 spiro atoms. The number of carbonyl (C=O) groups is 1. The topological polar surface area (TPSA) is 70.2 Å². The second-order valence-electron chi connectivity index (χ2n) is 5.49. The van der Waals surface area contributed by atoms with Crippen molar-refractivity contribution < 1.29 is 9.21 Å². The summed E-state index contributed by atoms with van der Waals surface area (Å²) in [6.45, 7) is 0.395. The van der Waals surface area contributed by atoms with Gasteiger partial charge >= 0.3 is 0 Å². The highest BCUT2D eigenvalue weighted by Crippen LogP contribution is 2.40. The van der Waals surface area contributed by atoms with Gasteiger partial charge in [0.2, 0.25) is 5.91 Å². The predicted octanol–water partition coefficient (Wildman–Crippen LogP) is 3.06. The predicted molar refractivity (Wildman–Crippen MR) is 94.2 cm³/mol. The first-order chi connectivity index (χ1) is 11.8. The van der Waals surface area contributed by atoms with Crippen LogP contribution in [0.15, 0.2) is 57.2 Å². The number of hydrogen-bond donors (Lipinski definition) is 1. The molecule has 24 heavy (non-hydrogen) atoms. The Bertz CT molecular complexity index is 801. The van der Waals surface area contributed by atoms with Crippen molar-refractivity contribution in [2.75, 3.05) is 5.75 Å². The molecule has 1 N–H and O–H groups in total. The zero-order chi connectivity index (χ0) is 16.4. The van der Waals surface area contributed by atoms with Gasteiger partial charge in [0.25, 0.3) is 0 Å². The highest BCUT2D eigenvalue weighted by Gasteiger charge is 2.32. The van der Waals surface area contributed by atoms with E-state index in [0.29, 0.717) is 12.3 Å². The summed E-state index contributed by atoms with van der Waals surface area (Å²) in [5.41, 5.74) is 2.14. The van der Waals surface area contributed by atoms with Crippen LogP contribution in [0.1, 0.15) is 23.8 Å². The van der Waals surface area contributed by atoms with Crippen LogP contribution in [0.3, 0.4) is 0 Å². The molecule has 0 bridgehead atoms. The molecule has 6 nitrogen and oxygen atoms in total. The summed E-state index contributed by atoms with van der Waals surface area (Å²) < 4.78 is 5.20. The lowest BCUT2D eigenvalue weighted by atomic mass is 10.0. The number of para-hydroxylation sites is 1. The normalized spacial score (nSPS) is 18.1. The molecular weight excluding hydrogens is 324 g/mol. The van der Waals surface area contributed by atoms with E-state index < -0.39 is 0 Å². The first kappa shape index (κ1) is 15.0. The Morgan fingerprint density at radius 1 is 1.33 bits per heavy atom. The number of rotatable bonds is 4. The highest BCUT2D eigenvalue weighted by molar-refractivity contribution is 8.14. The van der Waals surface area contributed by atoms with Crippen LogP contribution in [0.25, 0.3) is 0 Å². The Morgan fingerprint density at radius 3 is 3.12 bits per heavy atom. The van der Waals surface area contributed by atoms with E-state index in [4.69, 9.17) is 4.42 Å². The van der Waals surface area contributed by atoms with Crippen LogP contribution in [-0.4, -0.2) is 28.1 Å². The number of fused-ring (bicyclic) bond motifs is 3. The number of amides is 1. The number of amidine groups is 1. The Morgan fingerprint density at radius 2 is 2.25 bits per heavy atom. The van der Waals surface area contributed by atoms with Crippen molar-refractivity contribution in [3.05, 3.63) is 54.0 Å². The smallest absolute Gasteiger partial charge is 0.230 e. The van der Waals surface area contributed by atoms with Crippen molar-refractivity contribution in [2.45, 2.75) is 19.0 Å². The molecule has 7 heteroatoms. The lowest BCUT2D eigenvalue weighted by molar-refractivity contribution is -0.118. The summed E-state index contributed by atoms with van der Waals surface area (Å²) in [6.07, 6.45) is 4.36. The highest BCUT2D eigenvalue weighted by atomic mass is 32.2. The molecule has 0 saturated carbocycles. The number of aliphatic imine (C=N–C) groups is 1. The van der Waals surface area contributed by atoms with Crippen LogP contribution >= 0.6 is 11.8 Å². The van der Waals surface area contributed by atoms with Crippen LogP contribution in [0, 0.1) is 0 Å². The number of nitrogens with zero attached hydrogens (tertiary/aromatic N) is 3. The number of thioether (sulfide) groups is 1. The molecule has 1 amide bonds. The Balaban J connectivity index is 1.41. The Labute approximate surface area is 143 Å². The van der Waals surface area contributed by atoms with Crippen molar-refractivity contribution in [3.8, 4) is 0 Å². The van der Waals surface area contributed by atoms with E-state index in [0.717, 1.165) is 23.0 Å². The summed E-state index contributed by atoms with van der Waals surface area (Å²) in [7, 11) is 0. The molecule has 0 saturated heterocycles. The summed E-state index contributed by atoms with van der Waals surface area (Å²) >= 11 is 1.40. The van der Waals surface area contributed by atoms with Gasteiger partial charge in [-0.2, -0.15) is 5.10 Å². The van der Waals surface area contributed by atoms with Gasteiger partial charge in [-0.1, -0.05) is 30.0 Å². The molecule has 0 unspecified atom stereocenters. The second-order valence-corrected chi connectivity index (χ2v) is 6.43. The summed E-state index contributed by atoms with van der Waals surface area (Å²) in [5, 5.41) is 9.92. The molecule has 0 fully saturated rings. The monoisotopic (exact) mass is 340 g/mol. The third kappa shape index (κ3) is 2.94. The third-order valence-electron chi connectivity index (χ3n) is 3.91. The van der Waals surface area contributed by atoms with E-state index in [2.05, 4.69) is 21.5 Å². The SMILES string of the molecule is O=C(CSC1=Nc2ccccc2[C@@H]2CC=NN12)NCc1ccco1. The van der Waals surface area contributed by atoms with Crippen LogP contribution in [0.5, 0.6) is 0 Å². The maximum absolute atomic E-state index is 12.0. The molecule has 2 aromatic rings. The van der Waals surface area contributed by atoms with Crippen molar-refractivity contribution in [1.29, 1.82) is 0 Å². The van der Waals surface area contributed by atoms with Gasteiger partial charge in [-0.15, -0.1) is 0 Å². The van der Waals surface area contributed by atoms with Gasteiger partial charge in [-0.25, -0.2) is 10.0 Å².